The highest BCUT2D eigenvalue weighted by Crippen LogP contribution is 2.16. The first-order chi connectivity index (χ1) is 8.11. The highest BCUT2D eigenvalue weighted by Gasteiger charge is 2.31. The SMILES string of the molecule is N/C(=N/O)c1ccnc(N2CC(O)C(O)C2)n1. The summed E-state index contributed by atoms with van der Waals surface area (Å²) in [5, 5.41) is 30.2. The molecule has 0 aliphatic carbocycles. The highest BCUT2D eigenvalue weighted by atomic mass is 16.4. The lowest BCUT2D eigenvalue weighted by molar-refractivity contribution is 0.0572. The molecule has 1 aromatic heterocycles. The molecule has 2 unspecified atom stereocenters. The van der Waals surface area contributed by atoms with Crippen molar-refractivity contribution in [2.75, 3.05) is 18.0 Å². The summed E-state index contributed by atoms with van der Waals surface area (Å²) in [6.45, 7) is 0.502. The second kappa shape index (κ2) is 4.52. The van der Waals surface area contributed by atoms with Crippen LogP contribution in [0.25, 0.3) is 0 Å². The first kappa shape index (κ1) is 11.6. The van der Waals surface area contributed by atoms with E-state index in [1.165, 1.54) is 12.3 Å². The van der Waals surface area contributed by atoms with E-state index in [-0.39, 0.29) is 24.6 Å². The van der Waals surface area contributed by atoms with Crippen LogP contribution in [0.3, 0.4) is 0 Å². The van der Waals surface area contributed by atoms with Crippen LogP contribution in [-0.2, 0) is 0 Å². The van der Waals surface area contributed by atoms with Crippen LogP contribution in [0.2, 0.25) is 0 Å². The van der Waals surface area contributed by atoms with Gasteiger partial charge in [-0.05, 0) is 6.07 Å². The number of aliphatic hydroxyl groups is 2. The van der Waals surface area contributed by atoms with E-state index in [0.717, 1.165) is 0 Å². The van der Waals surface area contributed by atoms with Crippen LogP contribution in [0.1, 0.15) is 5.69 Å². The molecule has 0 radical (unpaired) electrons. The minimum Gasteiger partial charge on any atom is -0.409 e. The molecule has 0 amide bonds. The van der Waals surface area contributed by atoms with E-state index >= 15 is 0 Å². The summed E-state index contributed by atoms with van der Waals surface area (Å²) in [6, 6.07) is 1.50. The van der Waals surface area contributed by atoms with Crippen LogP contribution in [0.15, 0.2) is 17.4 Å². The van der Waals surface area contributed by atoms with Crippen molar-refractivity contribution in [3.63, 3.8) is 0 Å². The van der Waals surface area contributed by atoms with Crippen molar-refractivity contribution < 1.29 is 15.4 Å². The molecule has 1 aromatic rings. The lowest BCUT2D eigenvalue weighted by Gasteiger charge is -2.15. The molecule has 1 fully saturated rings. The summed E-state index contributed by atoms with van der Waals surface area (Å²) < 4.78 is 0. The van der Waals surface area contributed by atoms with Gasteiger partial charge in [-0.3, -0.25) is 0 Å². The quantitative estimate of drug-likeness (QED) is 0.205. The number of amidine groups is 1. The predicted molar refractivity (Wildman–Crippen MR) is 58.8 cm³/mol. The fourth-order valence-electron chi connectivity index (χ4n) is 1.63. The Morgan fingerprint density at radius 1 is 1.41 bits per heavy atom. The first-order valence-electron chi connectivity index (χ1n) is 5.04. The van der Waals surface area contributed by atoms with E-state index in [1.807, 2.05) is 0 Å². The molecule has 1 aliphatic rings. The van der Waals surface area contributed by atoms with Crippen molar-refractivity contribution in [1.82, 2.24) is 9.97 Å². The van der Waals surface area contributed by atoms with Gasteiger partial charge in [-0.2, -0.15) is 0 Å². The summed E-state index contributed by atoms with van der Waals surface area (Å²) in [7, 11) is 0. The van der Waals surface area contributed by atoms with Gasteiger partial charge in [0.25, 0.3) is 0 Å². The number of hydrogen-bond donors (Lipinski definition) is 4. The van der Waals surface area contributed by atoms with Crippen LogP contribution < -0.4 is 10.6 Å². The standard InChI is InChI=1S/C9H13N5O3/c10-8(13-17)5-1-2-11-9(12-5)14-3-6(15)7(16)4-14/h1-2,6-7,15-17H,3-4H2,(H2,10,13). The van der Waals surface area contributed by atoms with Gasteiger partial charge >= 0.3 is 0 Å². The zero-order valence-electron chi connectivity index (χ0n) is 8.93. The lowest BCUT2D eigenvalue weighted by atomic mass is 10.3. The van der Waals surface area contributed by atoms with Gasteiger partial charge in [0.1, 0.15) is 5.69 Å². The normalized spacial score (nSPS) is 25.3. The third kappa shape index (κ3) is 2.27. The van der Waals surface area contributed by atoms with E-state index in [9.17, 15) is 10.2 Å². The molecule has 17 heavy (non-hydrogen) atoms. The second-order valence-corrected chi connectivity index (χ2v) is 3.77. The molecule has 0 saturated carbocycles. The maximum atomic E-state index is 9.42. The summed E-state index contributed by atoms with van der Waals surface area (Å²) >= 11 is 0. The fourth-order valence-corrected chi connectivity index (χ4v) is 1.63. The zero-order chi connectivity index (χ0) is 12.4. The Kier molecular flexibility index (Phi) is 3.07. The van der Waals surface area contributed by atoms with Crippen molar-refractivity contribution in [2.45, 2.75) is 12.2 Å². The predicted octanol–water partition coefficient (Wildman–Crippen LogP) is -1.89. The molecule has 0 aromatic carbocycles. The van der Waals surface area contributed by atoms with Gasteiger partial charge in [0, 0.05) is 19.3 Å². The minimum atomic E-state index is -0.814. The second-order valence-electron chi connectivity index (χ2n) is 3.77. The van der Waals surface area contributed by atoms with Crippen LogP contribution in [-0.4, -0.2) is 56.5 Å². The van der Waals surface area contributed by atoms with Crippen LogP contribution in [0.4, 0.5) is 5.95 Å². The van der Waals surface area contributed by atoms with Crippen LogP contribution in [0, 0.1) is 0 Å². The number of rotatable bonds is 2. The van der Waals surface area contributed by atoms with E-state index in [1.54, 1.807) is 4.90 Å². The van der Waals surface area contributed by atoms with Gasteiger partial charge in [-0.15, -0.1) is 0 Å². The van der Waals surface area contributed by atoms with Gasteiger partial charge in [-0.1, -0.05) is 5.16 Å². The molecular weight excluding hydrogens is 226 g/mol. The van der Waals surface area contributed by atoms with Gasteiger partial charge < -0.3 is 26.1 Å². The Hall–Kier alpha value is -1.93. The van der Waals surface area contributed by atoms with Gasteiger partial charge in [0.2, 0.25) is 5.95 Å². The Morgan fingerprint density at radius 2 is 2.06 bits per heavy atom. The molecule has 2 atom stereocenters. The molecule has 5 N–H and O–H groups in total. The number of aliphatic hydroxyl groups excluding tert-OH is 2. The minimum absolute atomic E-state index is 0.117. The number of β-amino-alcohol motifs (C(OH)–C–C–N with tert-alkyl or cyclic N) is 2. The van der Waals surface area contributed by atoms with Crippen molar-refractivity contribution >= 4 is 11.8 Å². The third-order valence-electron chi connectivity index (χ3n) is 2.55. The molecule has 8 nitrogen and oxygen atoms in total. The van der Waals surface area contributed by atoms with E-state index in [4.69, 9.17) is 10.9 Å². The smallest absolute Gasteiger partial charge is 0.226 e. The number of oxime groups is 1. The first-order valence-corrected chi connectivity index (χ1v) is 5.04. The van der Waals surface area contributed by atoms with E-state index < -0.39 is 12.2 Å². The number of nitrogens with two attached hydrogens (primary N) is 1. The molecular formula is C9H13N5O3. The van der Waals surface area contributed by atoms with Gasteiger partial charge in [0.15, 0.2) is 5.84 Å². The molecule has 8 heteroatoms. The summed E-state index contributed by atoms with van der Waals surface area (Å²) in [6.07, 6.45) is -0.163. The van der Waals surface area contributed by atoms with Crippen molar-refractivity contribution in [3.05, 3.63) is 18.0 Å². The number of nitrogens with zero attached hydrogens (tertiary/aromatic N) is 4. The molecule has 0 bridgehead atoms. The van der Waals surface area contributed by atoms with Gasteiger partial charge in [-0.25, -0.2) is 9.97 Å². The molecule has 2 rings (SSSR count). The average molecular weight is 239 g/mol. The Balaban J connectivity index is 2.23. The van der Waals surface area contributed by atoms with Gasteiger partial charge in [0.05, 0.1) is 12.2 Å². The maximum absolute atomic E-state index is 9.42. The molecule has 2 heterocycles. The third-order valence-corrected chi connectivity index (χ3v) is 2.55. The maximum Gasteiger partial charge on any atom is 0.226 e. The Labute approximate surface area is 97.0 Å². The monoisotopic (exact) mass is 239 g/mol. The number of anilines is 1. The van der Waals surface area contributed by atoms with E-state index in [2.05, 4.69) is 15.1 Å². The van der Waals surface area contributed by atoms with Crippen molar-refractivity contribution in [3.8, 4) is 0 Å². The zero-order valence-corrected chi connectivity index (χ0v) is 8.93. The van der Waals surface area contributed by atoms with Crippen LogP contribution in [0.5, 0.6) is 0 Å². The molecule has 1 aliphatic heterocycles. The highest BCUT2D eigenvalue weighted by molar-refractivity contribution is 5.95. The summed E-state index contributed by atoms with van der Waals surface area (Å²) in [5.41, 5.74) is 5.69. The Bertz CT molecular complexity index is 428. The lowest BCUT2D eigenvalue weighted by Crippen LogP contribution is -2.25. The van der Waals surface area contributed by atoms with Crippen molar-refractivity contribution in [2.24, 2.45) is 10.9 Å². The fraction of sp³-hybridized carbons (Fsp3) is 0.444. The number of hydrogen-bond acceptors (Lipinski definition) is 7. The Morgan fingerprint density at radius 3 is 2.65 bits per heavy atom. The van der Waals surface area contributed by atoms with Crippen molar-refractivity contribution in [1.29, 1.82) is 0 Å². The average Bonchev–Trinajstić information content (AvgIpc) is 2.69. The molecule has 0 spiro atoms. The summed E-state index contributed by atoms with van der Waals surface area (Å²) in [4.78, 5) is 9.71. The number of aromatic nitrogens is 2. The largest absolute Gasteiger partial charge is 0.409 e. The summed E-state index contributed by atoms with van der Waals surface area (Å²) in [5.74, 6) is 0.207. The topological polar surface area (TPSA) is 128 Å². The van der Waals surface area contributed by atoms with Crippen LogP contribution >= 0.6 is 0 Å². The molecule has 92 valence electrons. The van der Waals surface area contributed by atoms with E-state index in [0.29, 0.717) is 5.95 Å². The molecule has 1 saturated heterocycles.